The number of hydrogen-bond acceptors (Lipinski definition) is 2. The minimum Gasteiger partial charge on any atom is -0.342 e. The van der Waals surface area contributed by atoms with Crippen molar-refractivity contribution < 1.29 is 4.79 Å². The Hall–Kier alpha value is -0.570. The van der Waals surface area contributed by atoms with Gasteiger partial charge in [-0.05, 0) is 50.1 Å². The van der Waals surface area contributed by atoms with Crippen molar-refractivity contribution in [2.45, 2.75) is 46.5 Å². The van der Waals surface area contributed by atoms with Crippen molar-refractivity contribution >= 4 is 5.91 Å². The van der Waals surface area contributed by atoms with Gasteiger partial charge in [0.05, 0.1) is 0 Å². The first kappa shape index (κ1) is 13.9. The van der Waals surface area contributed by atoms with Crippen LogP contribution in [0.5, 0.6) is 0 Å². The SMILES string of the molecule is CCCN(CC1CCNCC1)C(=O)C1CC1(C)C. The van der Waals surface area contributed by atoms with Crippen molar-refractivity contribution in [1.29, 1.82) is 0 Å². The second-order valence-electron chi connectivity index (χ2n) is 6.72. The van der Waals surface area contributed by atoms with Crippen LogP contribution in [0.1, 0.15) is 46.5 Å². The van der Waals surface area contributed by atoms with Crippen molar-refractivity contribution in [3.63, 3.8) is 0 Å². The van der Waals surface area contributed by atoms with Crippen LogP contribution in [-0.2, 0) is 4.79 Å². The van der Waals surface area contributed by atoms with Gasteiger partial charge in [-0.2, -0.15) is 0 Å². The Morgan fingerprint density at radius 1 is 1.33 bits per heavy atom. The molecule has 0 aromatic rings. The van der Waals surface area contributed by atoms with Crippen LogP contribution < -0.4 is 5.32 Å². The van der Waals surface area contributed by atoms with E-state index in [1.807, 2.05) is 0 Å². The quantitative estimate of drug-likeness (QED) is 0.814. The third-order valence-electron chi connectivity index (χ3n) is 4.55. The van der Waals surface area contributed by atoms with Gasteiger partial charge in [0.1, 0.15) is 0 Å². The summed E-state index contributed by atoms with van der Waals surface area (Å²) in [5.41, 5.74) is 0.261. The van der Waals surface area contributed by atoms with Crippen molar-refractivity contribution in [3.05, 3.63) is 0 Å². The molecule has 0 aromatic heterocycles. The molecule has 0 aromatic carbocycles. The average Bonchev–Trinajstić information content (AvgIpc) is 2.98. The summed E-state index contributed by atoms with van der Waals surface area (Å²) in [4.78, 5) is 14.6. The monoisotopic (exact) mass is 252 g/mol. The normalized spacial score (nSPS) is 26.9. The molecular weight excluding hydrogens is 224 g/mol. The molecule has 0 spiro atoms. The van der Waals surface area contributed by atoms with Gasteiger partial charge < -0.3 is 10.2 Å². The molecular formula is C15H28N2O. The third kappa shape index (κ3) is 3.25. The largest absolute Gasteiger partial charge is 0.342 e. The van der Waals surface area contributed by atoms with Crippen LogP contribution in [0.15, 0.2) is 0 Å². The zero-order chi connectivity index (χ0) is 13.2. The highest BCUT2D eigenvalue weighted by molar-refractivity contribution is 5.82. The summed E-state index contributed by atoms with van der Waals surface area (Å²) in [5, 5.41) is 3.39. The van der Waals surface area contributed by atoms with E-state index in [2.05, 4.69) is 31.0 Å². The lowest BCUT2D eigenvalue weighted by Gasteiger charge is -2.30. The lowest BCUT2D eigenvalue weighted by molar-refractivity contribution is -0.134. The van der Waals surface area contributed by atoms with E-state index in [1.165, 1.54) is 12.8 Å². The molecule has 1 heterocycles. The van der Waals surface area contributed by atoms with Crippen molar-refractivity contribution in [3.8, 4) is 0 Å². The van der Waals surface area contributed by atoms with Gasteiger partial charge in [0.15, 0.2) is 0 Å². The van der Waals surface area contributed by atoms with E-state index in [0.717, 1.165) is 39.0 Å². The first-order chi connectivity index (χ1) is 8.54. The van der Waals surface area contributed by atoms with Gasteiger partial charge in [-0.25, -0.2) is 0 Å². The second kappa shape index (κ2) is 5.60. The van der Waals surface area contributed by atoms with Crippen molar-refractivity contribution in [1.82, 2.24) is 10.2 Å². The van der Waals surface area contributed by atoms with Gasteiger partial charge in [-0.15, -0.1) is 0 Å². The zero-order valence-corrected chi connectivity index (χ0v) is 12.2. The lowest BCUT2D eigenvalue weighted by Crippen LogP contribution is -2.40. The van der Waals surface area contributed by atoms with E-state index in [0.29, 0.717) is 17.7 Å². The van der Waals surface area contributed by atoms with Crippen LogP contribution in [-0.4, -0.2) is 37.0 Å². The van der Waals surface area contributed by atoms with E-state index in [-0.39, 0.29) is 5.41 Å². The molecule has 2 fully saturated rings. The number of amides is 1. The fourth-order valence-electron chi connectivity index (χ4n) is 3.05. The Morgan fingerprint density at radius 2 is 1.94 bits per heavy atom. The molecule has 104 valence electrons. The van der Waals surface area contributed by atoms with E-state index in [4.69, 9.17) is 0 Å². The number of nitrogens with zero attached hydrogens (tertiary/aromatic N) is 1. The molecule has 1 saturated carbocycles. The standard InChI is InChI=1S/C15H28N2O/c1-4-9-17(11-12-5-7-16-8-6-12)14(18)13-10-15(13,2)3/h12-13,16H,4-11H2,1-3H3. The Kier molecular flexibility index (Phi) is 4.31. The lowest BCUT2D eigenvalue weighted by atomic mass is 9.97. The predicted octanol–water partition coefficient (Wildman–Crippen LogP) is 2.27. The fourth-order valence-corrected chi connectivity index (χ4v) is 3.05. The van der Waals surface area contributed by atoms with Crippen LogP contribution in [0.25, 0.3) is 0 Å². The van der Waals surface area contributed by atoms with E-state index in [1.54, 1.807) is 0 Å². The maximum atomic E-state index is 12.5. The highest BCUT2D eigenvalue weighted by atomic mass is 16.2. The number of nitrogens with one attached hydrogen (secondary N) is 1. The first-order valence-electron chi connectivity index (χ1n) is 7.54. The third-order valence-corrected chi connectivity index (χ3v) is 4.55. The van der Waals surface area contributed by atoms with Crippen molar-refractivity contribution in [2.24, 2.45) is 17.3 Å². The Morgan fingerprint density at radius 3 is 2.44 bits per heavy atom. The van der Waals surface area contributed by atoms with E-state index < -0.39 is 0 Å². The van der Waals surface area contributed by atoms with Gasteiger partial charge in [-0.3, -0.25) is 4.79 Å². The summed E-state index contributed by atoms with van der Waals surface area (Å²) in [6.07, 6.45) is 4.60. The molecule has 1 unspecified atom stereocenters. The highest BCUT2D eigenvalue weighted by Gasteiger charge is 2.51. The van der Waals surface area contributed by atoms with Crippen LogP contribution in [0.4, 0.5) is 0 Å². The topological polar surface area (TPSA) is 32.3 Å². The van der Waals surface area contributed by atoms with Gasteiger partial charge in [-0.1, -0.05) is 20.8 Å². The van der Waals surface area contributed by atoms with Gasteiger partial charge in [0.25, 0.3) is 0 Å². The summed E-state index contributed by atoms with van der Waals surface area (Å²) < 4.78 is 0. The van der Waals surface area contributed by atoms with E-state index >= 15 is 0 Å². The molecule has 18 heavy (non-hydrogen) atoms. The molecule has 3 nitrogen and oxygen atoms in total. The maximum Gasteiger partial charge on any atom is 0.226 e. The molecule has 3 heteroatoms. The summed E-state index contributed by atoms with van der Waals surface area (Å²) in [6.45, 7) is 10.8. The molecule has 0 radical (unpaired) electrons. The number of rotatable bonds is 5. The first-order valence-corrected chi connectivity index (χ1v) is 7.54. The molecule has 1 aliphatic carbocycles. The highest BCUT2D eigenvalue weighted by Crippen LogP contribution is 2.52. The van der Waals surface area contributed by atoms with Crippen LogP contribution in [0.2, 0.25) is 0 Å². The molecule has 1 N–H and O–H groups in total. The molecule has 2 rings (SSSR count). The molecule has 2 aliphatic rings. The summed E-state index contributed by atoms with van der Waals surface area (Å²) >= 11 is 0. The maximum absolute atomic E-state index is 12.5. The number of piperidine rings is 1. The Balaban J connectivity index is 1.88. The van der Waals surface area contributed by atoms with Crippen molar-refractivity contribution in [2.75, 3.05) is 26.2 Å². The predicted molar refractivity (Wildman–Crippen MR) is 74.4 cm³/mol. The number of carbonyl (C=O) groups excluding carboxylic acids is 1. The minimum absolute atomic E-state index is 0.261. The summed E-state index contributed by atoms with van der Waals surface area (Å²) in [6, 6.07) is 0. The second-order valence-corrected chi connectivity index (χ2v) is 6.72. The van der Waals surface area contributed by atoms with Crippen LogP contribution in [0.3, 0.4) is 0 Å². The fraction of sp³-hybridized carbons (Fsp3) is 0.933. The van der Waals surface area contributed by atoms with Gasteiger partial charge in [0, 0.05) is 19.0 Å². The summed E-state index contributed by atoms with van der Waals surface area (Å²) in [7, 11) is 0. The molecule has 1 amide bonds. The zero-order valence-electron chi connectivity index (χ0n) is 12.2. The Bertz CT molecular complexity index is 295. The van der Waals surface area contributed by atoms with Crippen LogP contribution >= 0.6 is 0 Å². The molecule has 1 aliphatic heterocycles. The van der Waals surface area contributed by atoms with Crippen LogP contribution in [0, 0.1) is 17.3 Å². The minimum atomic E-state index is 0.261. The molecule has 1 saturated heterocycles. The number of hydrogen-bond donors (Lipinski definition) is 1. The Labute approximate surface area is 111 Å². The van der Waals surface area contributed by atoms with E-state index in [9.17, 15) is 4.79 Å². The summed E-state index contributed by atoms with van der Waals surface area (Å²) in [5.74, 6) is 1.43. The smallest absolute Gasteiger partial charge is 0.226 e. The number of carbonyl (C=O) groups is 1. The average molecular weight is 252 g/mol. The van der Waals surface area contributed by atoms with Gasteiger partial charge >= 0.3 is 0 Å². The van der Waals surface area contributed by atoms with Gasteiger partial charge in [0.2, 0.25) is 5.91 Å². The molecule has 1 atom stereocenters. The molecule has 0 bridgehead atoms.